The maximum atomic E-state index is 11.4. The van der Waals surface area contributed by atoms with Crippen LogP contribution in [0.1, 0.15) is 10.4 Å². The molecule has 0 aliphatic carbocycles. The normalized spacial score (nSPS) is 10.0. The summed E-state index contributed by atoms with van der Waals surface area (Å²) < 4.78 is 5.88. The first-order chi connectivity index (χ1) is 6.60. The van der Waals surface area contributed by atoms with Crippen molar-refractivity contribution < 1.29 is 9.53 Å². The maximum Gasteiger partial charge on any atom is 0.174 e. The van der Waals surface area contributed by atoms with E-state index >= 15 is 0 Å². The number of ether oxygens (including phenoxy) is 1. The molecule has 0 radical (unpaired) electrons. The molecule has 14 heavy (non-hydrogen) atoms. The van der Waals surface area contributed by atoms with Crippen molar-refractivity contribution in [2.75, 3.05) is 12.4 Å². The minimum atomic E-state index is 0.0129. The van der Waals surface area contributed by atoms with Crippen LogP contribution in [0.2, 0.25) is 5.02 Å². The molecule has 0 saturated carbocycles. The topological polar surface area (TPSA) is 26.3 Å². The van der Waals surface area contributed by atoms with Crippen LogP contribution in [-0.4, -0.2) is 18.2 Å². The van der Waals surface area contributed by atoms with E-state index in [1.165, 1.54) is 0 Å². The van der Waals surface area contributed by atoms with Crippen LogP contribution in [0.25, 0.3) is 0 Å². The molecule has 76 valence electrons. The van der Waals surface area contributed by atoms with Gasteiger partial charge in [-0.15, -0.1) is 0 Å². The Morgan fingerprint density at radius 1 is 1.64 bits per heavy atom. The average molecular weight is 389 g/mol. The van der Waals surface area contributed by atoms with Gasteiger partial charge in [0, 0.05) is 9.13 Å². The van der Waals surface area contributed by atoms with Crippen LogP contribution in [0.4, 0.5) is 0 Å². The smallest absolute Gasteiger partial charge is 0.174 e. The molecule has 0 atom stereocenters. The fraction of sp³-hybridized carbons (Fsp3) is 0.222. The maximum absolute atomic E-state index is 11.4. The largest absolute Gasteiger partial charge is 0.495 e. The molecule has 0 fully saturated rings. The zero-order valence-electron chi connectivity index (χ0n) is 7.31. The Labute approximate surface area is 109 Å². The Balaban J connectivity index is 3.21. The molecule has 1 aromatic carbocycles. The second kappa shape index (κ2) is 5.32. The highest BCUT2D eigenvalue weighted by atomic mass is 127. The van der Waals surface area contributed by atoms with E-state index in [1.807, 2.05) is 0 Å². The van der Waals surface area contributed by atoms with E-state index in [2.05, 4.69) is 38.5 Å². The fourth-order valence-corrected chi connectivity index (χ4v) is 2.25. The molecule has 0 heterocycles. The molecular formula is C9H7BrClIO2. The zero-order valence-corrected chi connectivity index (χ0v) is 11.8. The molecule has 5 heteroatoms. The van der Waals surface area contributed by atoms with E-state index in [0.717, 1.165) is 3.57 Å². The molecule has 0 N–H and O–H groups in total. The Hall–Kier alpha value is 0.190. The highest BCUT2D eigenvalue weighted by Crippen LogP contribution is 2.29. The van der Waals surface area contributed by atoms with Crippen LogP contribution in [-0.2, 0) is 0 Å². The molecule has 0 aliphatic rings. The number of alkyl halides is 1. The number of rotatable bonds is 3. The third kappa shape index (κ3) is 2.61. The lowest BCUT2D eigenvalue weighted by Crippen LogP contribution is -2.03. The van der Waals surface area contributed by atoms with E-state index in [0.29, 0.717) is 21.7 Å². The van der Waals surface area contributed by atoms with Crippen molar-refractivity contribution >= 4 is 55.9 Å². The Morgan fingerprint density at radius 2 is 2.29 bits per heavy atom. The number of benzene rings is 1. The van der Waals surface area contributed by atoms with Crippen molar-refractivity contribution in [2.45, 2.75) is 0 Å². The molecule has 0 amide bonds. The molecule has 1 rings (SSSR count). The first-order valence-corrected chi connectivity index (χ1v) is 6.30. The summed E-state index contributed by atoms with van der Waals surface area (Å²) in [5.74, 6) is 0.598. The van der Waals surface area contributed by atoms with Gasteiger partial charge < -0.3 is 4.74 Å². The van der Waals surface area contributed by atoms with Gasteiger partial charge in [-0.1, -0.05) is 27.5 Å². The minimum absolute atomic E-state index is 0.0129. The number of ketones is 1. The summed E-state index contributed by atoms with van der Waals surface area (Å²) in [6.07, 6.45) is 0. The lowest BCUT2D eigenvalue weighted by Gasteiger charge is -2.07. The Kier molecular flexibility index (Phi) is 4.66. The number of carbonyl (C=O) groups is 1. The summed E-state index contributed by atoms with van der Waals surface area (Å²) in [6, 6.07) is 3.38. The molecule has 1 aromatic rings. The van der Waals surface area contributed by atoms with Gasteiger partial charge in [0.2, 0.25) is 0 Å². The summed E-state index contributed by atoms with van der Waals surface area (Å²) in [7, 11) is 1.54. The average Bonchev–Trinajstić information content (AvgIpc) is 2.19. The van der Waals surface area contributed by atoms with Gasteiger partial charge in [0.1, 0.15) is 5.75 Å². The van der Waals surface area contributed by atoms with Crippen molar-refractivity contribution in [2.24, 2.45) is 0 Å². The van der Waals surface area contributed by atoms with E-state index < -0.39 is 0 Å². The summed E-state index contributed by atoms with van der Waals surface area (Å²) in [6.45, 7) is 0. The van der Waals surface area contributed by atoms with Crippen molar-refractivity contribution in [3.8, 4) is 5.75 Å². The van der Waals surface area contributed by atoms with Gasteiger partial charge in [0.05, 0.1) is 17.5 Å². The van der Waals surface area contributed by atoms with Gasteiger partial charge in [0.25, 0.3) is 0 Å². The van der Waals surface area contributed by atoms with Crippen LogP contribution in [0.15, 0.2) is 12.1 Å². The standard InChI is InChI=1S/C9H7BrClIO2/c1-14-9-3-7(12)5(2-6(9)11)8(13)4-10/h2-3H,4H2,1H3. The summed E-state index contributed by atoms with van der Waals surface area (Å²) in [4.78, 5) is 11.4. The number of halogens is 3. The lowest BCUT2D eigenvalue weighted by atomic mass is 10.1. The van der Waals surface area contributed by atoms with Gasteiger partial charge in [0.15, 0.2) is 5.78 Å². The summed E-state index contributed by atoms with van der Waals surface area (Å²) in [5, 5.41) is 0.753. The van der Waals surface area contributed by atoms with Gasteiger partial charge in [-0.3, -0.25) is 4.79 Å². The quantitative estimate of drug-likeness (QED) is 0.449. The Morgan fingerprint density at radius 3 is 2.79 bits per heavy atom. The van der Waals surface area contributed by atoms with Crippen molar-refractivity contribution in [1.29, 1.82) is 0 Å². The number of methoxy groups -OCH3 is 1. The van der Waals surface area contributed by atoms with Crippen LogP contribution in [0, 0.1) is 3.57 Å². The molecule has 0 saturated heterocycles. The predicted molar refractivity (Wildman–Crippen MR) is 68.8 cm³/mol. The van der Waals surface area contributed by atoms with Crippen molar-refractivity contribution in [3.05, 3.63) is 26.3 Å². The molecule has 0 unspecified atom stereocenters. The highest BCUT2D eigenvalue weighted by Gasteiger charge is 2.12. The Bertz CT molecular complexity index is 368. The van der Waals surface area contributed by atoms with E-state index in [9.17, 15) is 4.79 Å². The number of Topliss-reactive ketones (excluding diaryl/α,β-unsaturated/α-hetero) is 1. The molecule has 0 aliphatic heterocycles. The third-order valence-electron chi connectivity index (χ3n) is 1.66. The lowest BCUT2D eigenvalue weighted by molar-refractivity contribution is 0.102. The highest BCUT2D eigenvalue weighted by molar-refractivity contribution is 14.1. The number of carbonyl (C=O) groups excluding carboxylic acids is 1. The van der Waals surface area contributed by atoms with Gasteiger partial charge in [-0.05, 0) is 34.7 Å². The number of hydrogen-bond donors (Lipinski definition) is 0. The fourth-order valence-electron chi connectivity index (χ4n) is 0.971. The zero-order chi connectivity index (χ0) is 10.7. The monoisotopic (exact) mass is 388 g/mol. The van der Waals surface area contributed by atoms with Crippen molar-refractivity contribution in [3.63, 3.8) is 0 Å². The van der Waals surface area contributed by atoms with Gasteiger partial charge >= 0.3 is 0 Å². The van der Waals surface area contributed by atoms with E-state index in [1.54, 1.807) is 19.2 Å². The second-order valence-corrected chi connectivity index (χ2v) is 4.65. The van der Waals surface area contributed by atoms with Crippen LogP contribution < -0.4 is 4.74 Å². The van der Waals surface area contributed by atoms with Gasteiger partial charge in [-0.2, -0.15) is 0 Å². The van der Waals surface area contributed by atoms with Gasteiger partial charge in [-0.25, -0.2) is 0 Å². The SMILES string of the molecule is COc1cc(I)c(C(=O)CBr)cc1Cl. The minimum Gasteiger partial charge on any atom is -0.495 e. The first-order valence-electron chi connectivity index (χ1n) is 3.72. The van der Waals surface area contributed by atoms with Crippen LogP contribution in [0.3, 0.4) is 0 Å². The molecule has 2 nitrogen and oxygen atoms in total. The second-order valence-electron chi connectivity index (χ2n) is 2.52. The summed E-state index contributed by atoms with van der Waals surface area (Å²) >= 11 is 11.1. The first kappa shape index (κ1) is 12.3. The molecule has 0 spiro atoms. The molecular weight excluding hydrogens is 382 g/mol. The van der Waals surface area contributed by atoms with Crippen LogP contribution >= 0.6 is 50.1 Å². The molecule has 0 aromatic heterocycles. The molecule has 0 bridgehead atoms. The van der Waals surface area contributed by atoms with E-state index in [4.69, 9.17) is 16.3 Å². The number of hydrogen-bond acceptors (Lipinski definition) is 2. The predicted octanol–water partition coefficient (Wildman–Crippen LogP) is 3.53. The van der Waals surface area contributed by atoms with E-state index in [-0.39, 0.29) is 5.78 Å². The van der Waals surface area contributed by atoms with Crippen molar-refractivity contribution in [1.82, 2.24) is 0 Å². The summed E-state index contributed by atoms with van der Waals surface area (Å²) in [5.41, 5.74) is 0.619. The third-order valence-corrected chi connectivity index (χ3v) is 3.36. The van der Waals surface area contributed by atoms with Crippen LogP contribution in [0.5, 0.6) is 5.75 Å².